The van der Waals surface area contributed by atoms with Gasteiger partial charge in [0.15, 0.2) is 5.78 Å². The lowest BCUT2D eigenvalue weighted by atomic mass is 10.1. The van der Waals surface area contributed by atoms with Crippen molar-refractivity contribution in [1.29, 1.82) is 0 Å². The second-order valence-electron chi connectivity index (χ2n) is 9.69. The molecular formula is C25H53NO3P+. The van der Waals surface area contributed by atoms with Gasteiger partial charge in [0.05, 0.1) is 27.7 Å². The third-order valence-electron chi connectivity index (χ3n) is 5.82. The monoisotopic (exact) mass is 446 g/mol. The van der Waals surface area contributed by atoms with Crippen LogP contribution >= 0.6 is 7.60 Å². The van der Waals surface area contributed by atoms with Crippen LogP contribution in [0.15, 0.2) is 12.2 Å². The topological polar surface area (TPSA) is 46.5 Å². The van der Waals surface area contributed by atoms with Crippen molar-refractivity contribution >= 4 is 7.60 Å². The first kappa shape index (κ1) is 29.9. The van der Waals surface area contributed by atoms with Gasteiger partial charge in [-0.15, -0.1) is 0 Å². The van der Waals surface area contributed by atoms with Crippen LogP contribution in [0, 0.1) is 0 Å². The van der Waals surface area contributed by atoms with Crippen LogP contribution in [0.2, 0.25) is 0 Å². The predicted molar refractivity (Wildman–Crippen MR) is 132 cm³/mol. The summed E-state index contributed by atoms with van der Waals surface area (Å²) in [6.07, 6.45) is 24.5. The van der Waals surface area contributed by atoms with Crippen LogP contribution in [0.1, 0.15) is 117 Å². The first-order chi connectivity index (χ1) is 14.3. The van der Waals surface area contributed by atoms with Crippen LogP contribution in [-0.2, 0) is 9.09 Å². The van der Waals surface area contributed by atoms with Gasteiger partial charge in [-0.1, -0.05) is 90.2 Å². The molecule has 0 heterocycles. The minimum absolute atomic E-state index is 0.353. The molecule has 0 aliphatic rings. The molecule has 0 aliphatic heterocycles. The highest BCUT2D eigenvalue weighted by Gasteiger charge is 2.41. The summed E-state index contributed by atoms with van der Waals surface area (Å²) < 4.78 is 18.3. The van der Waals surface area contributed by atoms with E-state index in [9.17, 15) is 9.46 Å². The number of unbranched alkanes of at least 4 members (excludes halogenated alkanes) is 13. The van der Waals surface area contributed by atoms with E-state index in [1.165, 1.54) is 70.6 Å². The zero-order valence-corrected chi connectivity index (χ0v) is 21.8. The number of hydrogen-bond donors (Lipinski definition) is 1. The maximum absolute atomic E-state index is 12.5. The molecule has 0 fully saturated rings. The molecule has 30 heavy (non-hydrogen) atoms. The van der Waals surface area contributed by atoms with Crippen molar-refractivity contribution in [3.05, 3.63) is 12.2 Å². The van der Waals surface area contributed by atoms with E-state index in [2.05, 4.69) is 19.1 Å². The molecule has 180 valence electrons. The fourth-order valence-electron chi connectivity index (χ4n) is 4.02. The van der Waals surface area contributed by atoms with E-state index in [0.717, 1.165) is 25.7 Å². The van der Waals surface area contributed by atoms with E-state index in [-0.39, 0.29) is 5.78 Å². The molecule has 2 atom stereocenters. The average molecular weight is 447 g/mol. The zero-order chi connectivity index (χ0) is 22.7. The quantitative estimate of drug-likeness (QED) is 0.0839. The van der Waals surface area contributed by atoms with Crippen molar-refractivity contribution in [2.45, 2.75) is 122 Å². The number of hydrogen-bond acceptors (Lipinski definition) is 2. The molecular weight excluding hydrogens is 393 g/mol. The Morgan fingerprint density at radius 3 is 1.63 bits per heavy atom. The third-order valence-corrected chi connectivity index (χ3v) is 8.18. The van der Waals surface area contributed by atoms with Gasteiger partial charge < -0.3 is 13.9 Å². The molecule has 1 N–H and O–H groups in total. The smallest absolute Gasteiger partial charge is 0.320 e. The fourth-order valence-corrected chi connectivity index (χ4v) is 5.92. The Labute approximate surface area is 188 Å². The van der Waals surface area contributed by atoms with E-state index < -0.39 is 7.60 Å². The molecule has 0 aromatic carbocycles. The minimum atomic E-state index is -3.55. The van der Waals surface area contributed by atoms with Gasteiger partial charge in [-0.2, -0.15) is 0 Å². The molecule has 0 bridgehead atoms. The maximum Gasteiger partial charge on any atom is 0.385 e. The summed E-state index contributed by atoms with van der Waals surface area (Å²) in [5, 5.41) is 0. The van der Waals surface area contributed by atoms with Crippen molar-refractivity contribution in [2.75, 3.05) is 27.7 Å². The number of nitrogens with zero attached hydrogens (tertiary/aromatic N) is 1. The van der Waals surface area contributed by atoms with Gasteiger partial charge in [-0.3, -0.25) is 4.57 Å². The second-order valence-corrected chi connectivity index (χ2v) is 11.7. The molecule has 0 radical (unpaired) electrons. The van der Waals surface area contributed by atoms with E-state index >= 15 is 0 Å². The third kappa shape index (κ3) is 16.5. The van der Waals surface area contributed by atoms with Crippen molar-refractivity contribution in [1.82, 2.24) is 0 Å². The Balaban J connectivity index is 3.52. The van der Waals surface area contributed by atoms with Crippen LogP contribution in [0.4, 0.5) is 0 Å². The zero-order valence-electron chi connectivity index (χ0n) is 20.9. The lowest BCUT2D eigenvalue weighted by Crippen LogP contribution is -2.44. The Morgan fingerprint density at radius 1 is 0.767 bits per heavy atom. The number of allylic oxidation sites excluding steroid dienone is 2. The molecule has 0 spiro atoms. The van der Waals surface area contributed by atoms with Gasteiger partial charge in [0.2, 0.25) is 0 Å². The molecule has 0 aliphatic carbocycles. The minimum Gasteiger partial charge on any atom is -0.320 e. The number of rotatable bonds is 21. The van der Waals surface area contributed by atoms with Gasteiger partial charge >= 0.3 is 7.60 Å². The van der Waals surface area contributed by atoms with E-state index in [4.69, 9.17) is 4.52 Å². The summed E-state index contributed by atoms with van der Waals surface area (Å²) in [4.78, 5) is 10.3. The van der Waals surface area contributed by atoms with E-state index in [1.54, 1.807) is 0 Å². The van der Waals surface area contributed by atoms with Crippen LogP contribution in [0.5, 0.6) is 0 Å². The van der Waals surface area contributed by atoms with Crippen LogP contribution in [0.25, 0.3) is 0 Å². The van der Waals surface area contributed by atoms with Gasteiger partial charge in [-0.05, 0) is 32.1 Å². The number of quaternary nitrogens is 1. The molecule has 0 rings (SSSR count). The molecule has 0 aromatic rings. The Bertz CT molecular complexity index is 460. The van der Waals surface area contributed by atoms with Gasteiger partial charge in [-0.25, -0.2) is 0 Å². The van der Waals surface area contributed by atoms with Crippen molar-refractivity contribution < 1.29 is 18.5 Å². The second kappa shape index (κ2) is 18.4. The van der Waals surface area contributed by atoms with E-state index in [0.29, 0.717) is 17.5 Å². The summed E-state index contributed by atoms with van der Waals surface area (Å²) in [6.45, 7) is 4.61. The van der Waals surface area contributed by atoms with Crippen LogP contribution in [-0.4, -0.2) is 42.9 Å². The van der Waals surface area contributed by atoms with Gasteiger partial charge in [0.1, 0.15) is 0 Å². The van der Waals surface area contributed by atoms with Gasteiger partial charge in [0.25, 0.3) is 0 Å². The first-order valence-corrected chi connectivity index (χ1v) is 14.3. The molecule has 0 aromatic heterocycles. The molecule has 2 unspecified atom stereocenters. The Morgan fingerprint density at radius 2 is 1.20 bits per heavy atom. The molecule has 5 heteroatoms. The highest BCUT2D eigenvalue weighted by atomic mass is 31.2. The summed E-state index contributed by atoms with van der Waals surface area (Å²) in [7, 11) is 2.29. The van der Waals surface area contributed by atoms with Crippen molar-refractivity contribution in [3.8, 4) is 0 Å². The standard InChI is InChI=1S/C25H52NO3P/c1-6-8-9-10-11-12-13-14-15-16-17-18-19-20-21-22-23-24-29-30(27,28)25(7-2)26(3,4)5/h17-18,25H,6-16,19-24H2,1-5H3/p+1. The van der Waals surface area contributed by atoms with Crippen LogP contribution < -0.4 is 0 Å². The first-order valence-electron chi connectivity index (χ1n) is 12.7. The van der Waals surface area contributed by atoms with Crippen molar-refractivity contribution in [2.24, 2.45) is 0 Å². The Hall–Kier alpha value is -0.150. The summed E-state index contributed by atoms with van der Waals surface area (Å²) >= 11 is 0. The normalized spacial score (nSPS) is 15.5. The maximum atomic E-state index is 12.5. The van der Waals surface area contributed by atoms with Crippen LogP contribution in [0.3, 0.4) is 0 Å². The molecule has 4 nitrogen and oxygen atoms in total. The molecule has 0 saturated carbocycles. The highest BCUT2D eigenvalue weighted by molar-refractivity contribution is 7.53. The average Bonchev–Trinajstić information content (AvgIpc) is 2.66. The Kier molecular flexibility index (Phi) is 18.3. The van der Waals surface area contributed by atoms with Gasteiger partial charge in [0, 0.05) is 6.42 Å². The SMILES string of the molecule is CCCCCCCCCCCC=CCCCCCCOP(=O)(O)C(CC)[N+](C)(C)C. The molecule has 0 saturated heterocycles. The lowest BCUT2D eigenvalue weighted by Gasteiger charge is -2.35. The molecule has 0 amide bonds. The predicted octanol–water partition coefficient (Wildman–Crippen LogP) is 8.06. The van der Waals surface area contributed by atoms with E-state index in [1.807, 2.05) is 28.1 Å². The van der Waals surface area contributed by atoms with Crippen molar-refractivity contribution in [3.63, 3.8) is 0 Å². The largest absolute Gasteiger partial charge is 0.385 e. The summed E-state index contributed by atoms with van der Waals surface area (Å²) in [5.41, 5.74) is 0. The fraction of sp³-hybridized carbons (Fsp3) is 0.920. The lowest BCUT2D eigenvalue weighted by molar-refractivity contribution is -0.883. The highest BCUT2D eigenvalue weighted by Crippen LogP contribution is 2.51. The summed E-state index contributed by atoms with van der Waals surface area (Å²) in [6, 6.07) is 0. The summed E-state index contributed by atoms with van der Waals surface area (Å²) in [5.74, 6) is -0.353.